The number of aromatic nitrogens is 1. The highest BCUT2D eigenvalue weighted by molar-refractivity contribution is 7.12. The largest absolute Gasteiger partial charge is 0.503 e. The van der Waals surface area contributed by atoms with Gasteiger partial charge in [-0.2, -0.15) is 0 Å². The van der Waals surface area contributed by atoms with Crippen LogP contribution in [-0.4, -0.2) is 28.4 Å². The highest BCUT2D eigenvalue weighted by atomic mass is 32.1. The molecule has 1 unspecified atom stereocenters. The Morgan fingerprint density at radius 1 is 1.21 bits per heavy atom. The molecular formula is C22H18N2O4S. The number of ether oxygens (including phenoxy) is 1. The van der Waals surface area contributed by atoms with E-state index in [2.05, 4.69) is 4.98 Å². The molecule has 146 valence electrons. The third-order valence-electron chi connectivity index (χ3n) is 4.57. The van der Waals surface area contributed by atoms with Crippen LogP contribution in [0.2, 0.25) is 0 Å². The van der Waals surface area contributed by atoms with Crippen LogP contribution in [0.5, 0.6) is 5.75 Å². The maximum absolute atomic E-state index is 13.2. The molecule has 29 heavy (non-hydrogen) atoms. The first kappa shape index (κ1) is 18.9. The topological polar surface area (TPSA) is 79.7 Å². The zero-order chi connectivity index (χ0) is 20.4. The van der Waals surface area contributed by atoms with Gasteiger partial charge in [0.2, 0.25) is 5.78 Å². The van der Waals surface area contributed by atoms with Crippen LogP contribution in [-0.2, 0) is 4.79 Å². The minimum Gasteiger partial charge on any atom is -0.503 e. The summed E-state index contributed by atoms with van der Waals surface area (Å²) < 4.78 is 5.55. The number of rotatable bonds is 6. The summed E-state index contributed by atoms with van der Waals surface area (Å²) in [5.74, 6) is -0.991. The van der Waals surface area contributed by atoms with Crippen LogP contribution < -0.4 is 9.64 Å². The third kappa shape index (κ3) is 3.40. The summed E-state index contributed by atoms with van der Waals surface area (Å²) >= 11 is 1.26. The molecule has 1 amide bonds. The van der Waals surface area contributed by atoms with Crippen molar-refractivity contribution in [1.29, 1.82) is 0 Å². The van der Waals surface area contributed by atoms with Crippen molar-refractivity contribution >= 4 is 28.7 Å². The molecule has 7 heteroatoms. The van der Waals surface area contributed by atoms with Crippen LogP contribution in [0.4, 0.5) is 5.69 Å². The van der Waals surface area contributed by atoms with Gasteiger partial charge in [0, 0.05) is 18.0 Å². The molecule has 6 nitrogen and oxygen atoms in total. The zero-order valence-electron chi connectivity index (χ0n) is 15.6. The van der Waals surface area contributed by atoms with E-state index in [9.17, 15) is 14.7 Å². The lowest BCUT2D eigenvalue weighted by atomic mass is 9.98. The summed E-state index contributed by atoms with van der Waals surface area (Å²) in [6, 6.07) is 14.9. The van der Waals surface area contributed by atoms with Crippen molar-refractivity contribution in [2.45, 2.75) is 13.0 Å². The Hall–Kier alpha value is -3.45. The highest BCUT2D eigenvalue weighted by Crippen LogP contribution is 2.42. The van der Waals surface area contributed by atoms with Crippen LogP contribution in [0.15, 0.2) is 77.5 Å². The molecule has 0 radical (unpaired) electrons. The number of carbonyl (C=O) groups is 2. The van der Waals surface area contributed by atoms with E-state index in [0.29, 0.717) is 28.6 Å². The first-order valence-electron chi connectivity index (χ1n) is 9.10. The lowest BCUT2D eigenvalue weighted by Crippen LogP contribution is -2.31. The molecule has 3 aromatic rings. The fourth-order valence-corrected chi connectivity index (χ4v) is 4.03. The Balaban J connectivity index is 1.85. The number of aliphatic hydroxyl groups is 1. The van der Waals surface area contributed by atoms with E-state index in [1.807, 2.05) is 6.92 Å². The van der Waals surface area contributed by atoms with Gasteiger partial charge in [-0.25, -0.2) is 0 Å². The number of hydrogen-bond donors (Lipinski definition) is 1. The lowest BCUT2D eigenvalue weighted by Gasteiger charge is -2.26. The van der Waals surface area contributed by atoms with Gasteiger partial charge in [0.1, 0.15) is 11.8 Å². The molecule has 1 aliphatic rings. The molecule has 3 heterocycles. The van der Waals surface area contributed by atoms with Gasteiger partial charge in [0.25, 0.3) is 5.91 Å². The Morgan fingerprint density at radius 2 is 2.07 bits per heavy atom. The Kier molecular flexibility index (Phi) is 5.14. The molecule has 1 aliphatic heterocycles. The van der Waals surface area contributed by atoms with Crippen LogP contribution in [0.25, 0.3) is 0 Å². The number of carbonyl (C=O) groups excluding carboxylic acids is 2. The number of benzene rings is 1. The van der Waals surface area contributed by atoms with Crippen LogP contribution in [0.3, 0.4) is 0 Å². The first-order valence-corrected chi connectivity index (χ1v) is 9.98. The van der Waals surface area contributed by atoms with E-state index < -0.39 is 17.7 Å². The standard InChI is InChI=1S/C22H18N2O4S/c1-2-28-15-8-5-7-14(13-15)24-19(16-9-3-4-11-23-16)18(21(26)22(24)27)20(25)17-10-6-12-29-17/h3-13,19,26H,2H2,1H3. The Morgan fingerprint density at radius 3 is 2.76 bits per heavy atom. The van der Waals surface area contributed by atoms with E-state index in [-0.39, 0.29) is 11.4 Å². The second kappa shape index (κ2) is 7.89. The fraction of sp³-hybridized carbons (Fsp3) is 0.136. The van der Waals surface area contributed by atoms with Crippen molar-refractivity contribution in [3.63, 3.8) is 0 Å². The molecule has 2 aromatic heterocycles. The highest BCUT2D eigenvalue weighted by Gasteiger charge is 2.45. The predicted molar refractivity (Wildman–Crippen MR) is 110 cm³/mol. The van der Waals surface area contributed by atoms with E-state index in [4.69, 9.17) is 4.74 Å². The molecule has 0 bridgehead atoms. The predicted octanol–water partition coefficient (Wildman–Crippen LogP) is 4.32. The molecule has 0 aliphatic carbocycles. The minimum absolute atomic E-state index is 0.0259. The minimum atomic E-state index is -0.838. The number of Topliss-reactive ketones (excluding diaryl/α,β-unsaturated/α-hetero) is 1. The van der Waals surface area contributed by atoms with Gasteiger partial charge in [-0.05, 0) is 42.6 Å². The summed E-state index contributed by atoms with van der Waals surface area (Å²) in [6.07, 6.45) is 1.59. The van der Waals surface area contributed by atoms with Gasteiger partial charge in [-0.1, -0.05) is 18.2 Å². The summed E-state index contributed by atoms with van der Waals surface area (Å²) in [6.45, 7) is 2.35. The van der Waals surface area contributed by atoms with Crippen molar-refractivity contribution in [3.05, 3.63) is 88.1 Å². The average Bonchev–Trinajstić information content (AvgIpc) is 3.36. The number of thiophene rings is 1. The number of nitrogens with zero attached hydrogens (tertiary/aromatic N) is 2. The quantitative estimate of drug-likeness (QED) is 0.617. The van der Waals surface area contributed by atoms with Gasteiger partial charge in [-0.15, -0.1) is 11.3 Å². The Bertz CT molecular complexity index is 1080. The average molecular weight is 406 g/mol. The maximum Gasteiger partial charge on any atom is 0.294 e. The second-order valence-corrected chi connectivity index (χ2v) is 7.28. The van der Waals surface area contributed by atoms with Crippen molar-refractivity contribution in [2.24, 2.45) is 0 Å². The van der Waals surface area contributed by atoms with E-state index in [0.717, 1.165) is 0 Å². The molecule has 1 aromatic carbocycles. The normalized spacial score (nSPS) is 16.4. The van der Waals surface area contributed by atoms with E-state index in [1.165, 1.54) is 16.2 Å². The van der Waals surface area contributed by atoms with Gasteiger partial charge in [-0.3, -0.25) is 19.5 Å². The number of anilines is 1. The number of aliphatic hydroxyl groups excluding tert-OH is 1. The molecule has 0 fully saturated rings. The second-order valence-electron chi connectivity index (χ2n) is 6.33. The smallest absolute Gasteiger partial charge is 0.294 e. The number of pyridine rings is 1. The van der Waals surface area contributed by atoms with Crippen molar-refractivity contribution < 1.29 is 19.4 Å². The maximum atomic E-state index is 13.2. The Labute approximate surface area is 171 Å². The molecular weight excluding hydrogens is 388 g/mol. The molecule has 1 atom stereocenters. The van der Waals surface area contributed by atoms with E-state index in [1.54, 1.807) is 66.2 Å². The van der Waals surface area contributed by atoms with Crippen molar-refractivity contribution in [1.82, 2.24) is 4.98 Å². The van der Waals surface area contributed by atoms with Gasteiger partial charge in [0.05, 0.1) is 22.8 Å². The van der Waals surface area contributed by atoms with Crippen LogP contribution >= 0.6 is 11.3 Å². The van der Waals surface area contributed by atoms with Gasteiger partial charge >= 0.3 is 0 Å². The number of hydrogen-bond acceptors (Lipinski definition) is 6. The lowest BCUT2D eigenvalue weighted by molar-refractivity contribution is -0.117. The fourth-order valence-electron chi connectivity index (χ4n) is 3.35. The first-order chi connectivity index (χ1) is 14.1. The molecule has 0 saturated heterocycles. The molecule has 0 saturated carbocycles. The number of amides is 1. The van der Waals surface area contributed by atoms with Crippen molar-refractivity contribution in [2.75, 3.05) is 11.5 Å². The van der Waals surface area contributed by atoms with Crippen molar-refractivity contribution in [3.8, 4) is 5.75 Å². The summed E-state index contributed by atoms with van der Waals surface area (Å²) in [5.41, 5.74) is 1.03. The van der Waals surface area contributed by atoms with Gasteiger partial charge < -0.3 is 9.84 Å². The zero-order valence-corrected chi connectivity index (χ0v) is 16.4. The van der Waals surface area contributed by atoms with Crippen LogP contribution in [0, 0.1) is 0 Å². The van der Waals surface area contributed by atoms with Crippen LogP contribution in [0.1, 0.15) is 28.3 Å². The number of ketones is 1. The summed E-state index contributed by atoms with van der Waals surface area (Å²) in [7, 11) is 0. The molecule has 4 rings (SSSR count). The molecule has 1 N–H and O–H groups in total. The SMILES string of the molecule is CCOc1cccc(N2C(=O)C(O)=C(C(=O)c3cccs3)C2c2ccccn2)c1. The summed E-state index contributed by atoms with van der Waals surface area (Å²) in [4.78, 5) is 32.4. The summed E-state index contributed by atoms with van der Waals surface area (Å²) in [5, 5.41) is 12.5. The molecule has 0 spiro atoms. The van der Waals surface area contributed by atoms with Gasteiger partial charge in [0.15, 0.2) is 5.76 Å². The monoisotopic (exact) mass is 406 g/mol. The van der Waals surface area contributed by atoms with E-state index >= 15 is 0 Å². The third-order valence-corrected chi connectivity index (χ3v) is 5.44.